The number of rotatable bonds is 1. The highest BCUT2D eigenvalue weighted by atomic mass is 35.5. The van der Waals surface area contributed by atoms with Gasteiger partial charge in [-0.25, -0.2) is 9.38 Å². The van der Waals surface area contributed by atoms with Gasteiger partial charge in [0.1, 0.15) is 17.7 Å². The number of guanidine groups is 1. The molecule has 2 unspecified atom stereocenters. The van der Waals surface area contributed by atoms with Crippen LogP contribution in [0.1, 0.15) is 24.8 Å². The molecule has 30 heavy (non-hydrogen) atoms. The van der Waals surface area contributed by atoms with E-state index >= 15 is 0 Å². The molecule has 156 valence electrons. The summed E-state index contributed by atoms with van der Waals surface area (Å²) in [7, 11) is 1.59. The topological polar surface area (TPSA) is 88.2 Å². The number of fused-ring (bicyclic) bond motifs is 4. The van der Waals surface area contributed by atoms with Crippen LogP contribution in [0.2, 0.25) is 5.02 Å². The summed E-state index contributed by atoms with van der Waals surface area (Å²) in [5, 5.41) is 10.6. The highest BCUT2D eigenvalue weighted by molar-refractivity contribution is 6.30. The standard InChI is InChI=1S/C22H21ClFN3O3/c1-27-20(29)22(26-21(27)25)16-8-11(12-6-13(23)9-14(24)7-12)2-4-18(16)30-19-5-3-15(28)10-17(19)22/h2,4,6-9,15,17,19,28H,3,5,10H2,1H3,(H2,25,26)/t15?,17-,19?,22+/m1/s1. The van der Waals surface area contributed by atoms with Gasteiger partial charge in [-0.2, -0.15) is 0 Å². The smallest absolute Gasteiger partial charge is 0.262 e. The van der Waals surface area contributed by atoms with Crippen LogP contribution in [-0.2, 0) is 10.3 Å². The average molecular weight is 430 g/mol. The molecule has 2 aromatic carbocycles. The first kappa shape index (κ1) is 19.3. The first-order chi connectivity index (χ1) is 14.3. The van der Waals surface area contributed by atoms with Gasteiger partial charge in [-0.05, 0) is 60.7 Å². The molecule has 0 aromatic heterocycles. The quantitative estimate of drug-likeness (QED) is 0.729. The number of hydrogen-bond donors (Lipinski definition) is 2. The second-order valence-corrected chi connectivity index (χ2v) is 8.64. The molecule has 0 radical (unpaired) electrons. The number of benzene rings is 2. The fraction of sp³-hybridized carbons (Fsp3) is 0.364. The number of aliphatic imine (C=N–C) groups is 1. The lowest BCUT2D eigenvalue weighted by Gasteiger charge is -2.47. The summed E-state index contributed by atoms with van der Waals surface area (Å²) in [6.07, 6.45) is 0.836. The van der Waals surface area contributed by atoms with Crippen molar-refractivity contribution in [3.63, 3.8) is 0 Å². The number of aliphatic hydroxyl groups excluding tert-OH is 1. The Kier molecular flexibility index (Phi) is 4.31. The van der Waals surface area contributed by atoms with E-state index in [9.17, 15) is 14.3 Å². The molecule has 1 aliphatic carbocycles. The number of carbonyl (C=O) groups excluding carboxylic acids is 1. The van der Waals surface area contributed by atoms with E-state index in [-0.39, 0.29) is 28.9 Å². The lowest BCUT2D eigenvalue weighted by atomic mass is 9.66. The fourth-order valence-corrected chi connectivity index (χ4v) is 5.20. The third-order valence-electron chi connectivity index (χ3n) is 6.43. The van der Waals surface area contributed by atoms with E-state index in [4.69, 9.17) is 22.1 Å². The molecule has 8 heteroatoms. The lowest BCUT2D eigenvalue weighted by Crippen LogP contribution is -2.55. The zero-order valence-corrected chi connectivity index (χ0v) is 17.1. The predicted octanol–water partition coefficient (Wildman–Crippen LogP) is 3.05. The van der Waals surface area contributed by atoms with E-state index in [1.54, 1.807) is 25.2 Å². The SMILES string of the molecule is CN1C(=O)[C@]2(N=C1N)c1cc(-c3cc(F)cc(Cl)c3)ccc1OC1CCC(O)C[C@H]12. The average Bonchev–Trinajstić information content (AvgIpc) is 2.93. The van der Waals surface area contributed by atoms with Crippen LogP contribution < -0.4 is 10.5 Å². The van der Waals surface area contributed by atoms with E-state index in [1.165, 1.54) is 17.0 Å². The van der Waals surface area contributed by atoms with Crippen LogP contribution in [0.3, 0.4) is 0 Å². The van der Waals surface area contributed by atoms with Gasteiger partial charge in [0.05, 0.1) is 6.10 Å². The van der Waals surface area contributed by atoms with Gasteiger partial charge in [0.2, 0.25) is 0 Å². The lowest BCUT2D eigenvalue weighted by molar-refractivity contribution is -0.138. The molecule has 4 atom stereocenters. The van der Waals surface area contributed by atoms with Crippen LogP contribution >= 0.6 is 11.6 Å². The molecule has 2 heterocycles. The largest absolute Gasteiger partial charge is 0.490 e. The Hall–Kier alpha value is -2.64. The van der Waals surface area contributed by atoms with Crippen molar-refractivity contribution < 1.29 is 19.0 Å². The van der Waals surface area contributed by atoms with Crippen molar-refractivity contribution in [3.05, 3.63) is 52.8 Å². The maximum atomic E-state index is 13.9. The van der Waals surface area contributed by atoms with Gasteiger partial charge in [-0.3, -0.25) is 9.69 Å². The van der Waals surface area contributed by atoms with Gasteiger partial charge >= 0.3 is 0 Å². The van der Waals surface area contributed by atoms with Crippen LogP contribution in [0.5, 0.6) is 5.75 Å². The first-order valence-corrected chi connectivity index (χ1v) is 10.3. The Labute approximate surface area is 178 Å². The van der Waals surface area contributed by atoms with Gasteiger partial charge in [-0.15, -0.1) is 0 Å². The minimum absolute atomic E-state index is 0.130. The van der Waals surface area contributed by atoms with Gasteiger partial charge in [0.25, 0.3) is 5.91 Å². The molecule has 3 aliphatic rings. The Morgan fingerprint density at radius 2 is 2.07 bits per heavy atom. The predicted molar refractivity (Wildman–Crippen MR) is 111 cm³/mol. The fourth-order valence-electron chi connectivity index (χ4n) is 4.97. The number of halogens is 2. The molecule has 6 nitrogen and oxygen atoms in total. The molecule has 1 fully saturated rings. The second kappa shape index (κ2) is 6.68. The summed E-state index contributed by atoms with van der Waals surface area (Å²) >= 11 is 6.04. The van der Waals surface area contributed by atoms with Crippen molar-refractivity contribution in [2.45, 2.75) is 37.0 Å². The maximum absolute atomic E-state index is 13.9. The van der Waals surface area contributed by atoms with E-state index < -0.39 is 17.5 Å². The number of hydrogen-bond acceptors (Lipinski definition) is 5. The van der Waals surface area contributed by atoms with Crippen LogP contribution in [0.15, 0.2) is 41.4 Å². The zero-order valence-electron chi connectivity index (χ0n) is 16.3. The number of ether oxygens (including phenoxy) is 1. The van der Waals surface area contributed by atoms with Crippen LogP contribution in [0.25, 0.3) is 11.1 Å². The Balaban J connectivity index is 1.72. The van der Waals surface area contributed by atoms with Crippen molar-refractivity contribution in [1.29, 1.82) is 0 Å². The molecule has 0 bridgehead atoms. The molecule has 2 aliphatic heterocycles. The number of aliphatic hydroxyl groups is 1. The molecule has 1 saturated carbocycles. The molecule has 3 N–H and O–H groups in total. The summed E-state index contributed by atoms with van der Waals surface area (Å²) in [4.78, 5) is 19.5. The summed E-state index contributed by atoms with van der Waals surface area (Å²) in [5.74, 6) is -0.361. The van der Waals surface area contributed by atoms with Gasteiger partial charge in [0.15, 0.2) is 11.5 Å². The summed E-state index contributed by atoms with van der Waals surface area (Å²) in [6, 6.07) is 9.68. The number of carbonyl (C=O) groups is 1. The Morgan fingerprint density at radius 3 is 2.77 bits per heavy atom. The third-order valence-corrected chi connectivity index (χ3v) is 6.64. The summed E-state index contributed by atoms with van der Waals surface area (Å²) < 4.78 is 20.2. The zero-order chi connectivity index (χ0) is 21.2. The minimum Gasteiger partial charge on any atom is -0.490 e. The highest BCUT2D eigenvalue weighted by Crippen LogP contribution is 2.53. The van der Waals surface area contributed by atoms with Crippen LogP contribution in [0.4, 0.5) is 4.39 Å². The van der Waals surface area contributed by atoms with Gasteiger partial charge < -0.3 is 15.6 Å². The molecule has 5 rings (SSSR count). The third kappa shape index (κ3) is 2.72. The molecule has 1 amide bonds. The van der Waals surface area contributed by atoms with Crippen molar-refractivity contribution >= 4 is 23.5 Å². The minimum atomic E-state index is -1.27. The number of nitrogens with zero attached hydrogens (tertiary/aromatic N) is 2. The molecular weight excluding hydrogens is 409 g/mol. The first-order valence-electron chi connectivity index (χ1n) is 9.89. The van der Waals surface area contributed by atoms with Crippen molar-refractivity contribution in [2.75, 3.05) is 7.05 Å². The Bertz CT molecular complexity index is 1070. The monoisotopic (exact) mass is 429 g/mol. The van der Waals surface area contributed by atoms with Gasteiger partial charge in [0, 0.05) is 23.6 Å². The molecule has 2 aromatic rings. The van der Waals surface area contributed by atoms with Crippen LogP contribution in [0, 0.1) is 11.7 Å². The Morgan fingerprint density at radius 1 is 1.27 bits per heavy atom. The highest BCUT2D eigenvalue weighted by Gasteiger charge is 2.60. The number of nitrogens with two attached hydrogens (primary N) is 1. The molecular formula is C22H21ClFN3O3. The van der Waals surface area contributed by atoms with E-state index in [0.717, 1.165) is 0 Å². The summed E-state index contributed by atoms with van der Waals surface area (Å²) in [6.45, 7) is 0. The number of likely N-dealkylation sites (N-methyl/N-ethyl adjacent to an activating group) is 1. The summed E-state index contributed by atoms with van der Waals surface area (Å²) in [5.41, 5.74) is 6.63. The van der Waals surface area contributed by atoms with E-state index in [2.05, 4.69) is 4.99 Å². The second-order valence-electron chi connectivity index (χ2n) is 8.20. The van der Waals surface area contributed by atoms with E-state index in [1.807, 2.05) is 6.07 Å². The van der Waals surface area contributed by atoms with Crippen molar-refractivity contribution in [2.24, 2.45) is 16.6 Å². The van der Waals surface area contributed by atoms with Crippen molar-refractivity contribution in [3.8, 4) is 16.9 Å². The number of amides is 1. The van der Waals surface area contributed by atoms with Crippen LogP contribution in [-0.4, -0.2) is 41.1 Å². The normalized spacial score (nSPS) is 30.0. The maximum Gasteiger partial charge on any atom is 0.262 e. The van der Waals surface area contributed by atoms with Crippen molar-refractivity contribution in [1.82, 2.24) is 4.90 Å². The van der Waals surface area contributed by atoms with E-state index in [0.29, 0.717) is 41.7 Å². The molecule has 1 spiro atoms. The van der Waals surface area contributed by atoms with Gasteiger partial charge in [-0.1, -0.05) is 17.7 Å². The molecule has 0 saturated heterocycles.